The van der Waals surface area contributed by atoms with Gasteiger partial charge in [-0.25, -0.2) is 9.37 Å². The van der Waals surface area contributed by atoms with E-state index in [1.54, 1.807) is 6.20 Å². The van der Waals surface area contributed by atoms with Crippen LogP contribution in [-0.2, 0) is 4.74 Å². The van der Waals surface area contributed by atoms with Crippen molar-refractivity contribution < 1.29 is 13.9 Å². The fourth-order valence-electron chi connectivity index (χ4n) is 3.48. The van der Waals surface area contributed by atoms with E-state index >= 15 is 0 Å². The van der Waals surface area contributed by atoms with Gasteiger partial charge in [-0.05, 0) is 67.3 Å². The summed E-state index contributed by atoms with van der Waals surface area (Å²) in [6.45, 7) is 2.18. The number of aromatic nitrogens is 1. The van der Waals surface area contributed by atoms with E-state index in [4.69, 9.17) is 16.3 Å². The largest absolute Gasteiger partial charge is 0.381 e. The topological polar surface area (TPSA) is 63.2 Å². The van der Waals surface area contributed by atoms with Crippen LogP contribution < -0.4 is 10.6 Å². The van der Waals surface area contributed by atoms with Gasteiger partial charge in [0.15, 0.2) is 0 Å². The van der Waals surface area contributed by atoms with Gasteiger partial charge >= 0.3 is 0 Å². The monoisotopic (exact) mass is 403 g/mol. The maximum atomic E-state index is 13.5. The number of anilines is 2. The Morgan fingerprint density at radius 1 is 1.21 bits per heavy atom. The summed E-state index contributed by atoms with van der Waals surface area (Å²) in [5, 5.41) is 6.52. The predicted molar refractivity (Wildman–Crippen MR) is 107 cm³/mol. The van der Waals surface area contributed by atoms with Gasteiger partial charge in [0.2, 0.25) is 0 Å². The van der Waals surface area contributed by atoms with Crippen molar-refractivity contribution in [2.45, 2.75) is 31.6 Å². The second kappa shape index (κ2) is 8.45. The van der Waals surface area contributed by atoms with Crippen LogP contribution in [0.15, 0.2) is 30.5 Å². The van der Waals surface area contributed by atoms with Crippen molar-refractivity contribution in [3.63, 3.8) is 0 Å². The summed E-state index contributed by atoms with van der Waals surface area (Å²) < 4.78 is 18.9. The molecule has 4 rings (SSSR count). The Balaban J connectivity index is 1.49. The van der Waals surface area contributed by atoms with Crippen molar-refractivity contribution in [2.24, 2.45) is 5.92 Å². The number of nitrogens with zero attached hydrogens (tertiary/aromatic N) is 1. The van der Waals surface area contributed by atoms with E-state index in [9.17, 15) is 9.18 Å². The molecule has 1 aromatic carbocycles. The maximum absolute atomic E-state index is 13.5. The Hall–Kier alpha value is -2.18. The molecule has 28 heavy (non-hydrogen) atoms. The number of carbonyl (C=O) groups excluding carboxylic acids is 1. The summed E-state index contributed by atoms with van der Waals surface area (Å²) in [5.74, 6) is 0.923. The van der Waals surface area contributed by atoms with Crippen molar-refractivity contribution >= 4 is 29.0 Å². The molecule has 5 nitrogen and oxygen atoms in total. The number of nitrogens with one attached hydrogen (secondary N) is 2. The Morgan fingerprint density at radius 2 is 2.00 bits per heavy atom. The van der Waals surface area contributed by atoms with Gasteiger partial charge in [0.1, 0.15) is 11.6 Å². The van der Waals surface area contributed by atoms with Crippen molar-refractivity contribution in [1.82, 2.24) is 10.3 Å². The molecule has 148 valence electrons. The lowest BCUT2D eigenvalue weighted by atomic mass is 10.00. The van der Waals surface area contributed by atoms with Crippen molar-refractivity contribution in [3.8, 4) is 0 Å². The van der Waals surface area contributed by atoms with Gasteiger partial charge in [-0.3, -0.25) is 4.79 Å². The highest BCUT2D eigenvalue weighted by Gasteiger charge is 2.29. The summed E-state index contributed by atoms with van der Waals surface area (Å²) >= 11 is 6.13. The molecule has 7 heteroatoms. The van der Waals surface area contributed by atoms with Crippen molar-refractivity contribution in [3.05, 3.63) is 52.4 Å². The van der Waals surface area contributed by atoms with Crippen LogP contribution in [0.5, 0.6) is 0 Å². The Labute approximate surface area is 168 Å². The van der Waals surface area contributed by atoms with Crippen LogP contribution in [0.25, 0.3) is 0 Å². The zero-order valence-electron chi connectivity index (χ0n) is 15.5. The zero-order valence-corrected chi connectivity index (χ0v) is 16.3. The summed E-state index contributed by atoms with van der Waals surface area (Å²) in [4.78, 5) is 17.1. The number of benzene rings is 1. The first-order valence-electron chi connectivity index (χ1n) is 9.68. The van der Waals surface area contributed by atoms with Crippen molar-refractivity contribution in [1.29, 1.82) is 0 Å². The molecule has 1 aliphatic carbocycles. The van der Waals surface area contributed by atoms with E-state index in [1.807, 2.05) is 6.07 Å². The molecule has 2 fully saturated rings. The Morgan fingerprint density at radius 3 is 2.75 bits per heavy atom. The van der Waals surface area contributed by atoms with Gasteiger partial charge < -0.3 is 15.4 Å². The zero-order chi connectivity index (χ0) is 19.5. The lowest BCUT2D eigenvalue weighted by molar-refractivity contribution is 0.0642. The first kappa shape index (κ1) is 19.2. The highest BCUT2D eigenvalue weighted by Crippen LogP contribution is 2.42. The Bertz CT molecular complexity index is 867. The minimum Gasteiger partial charge on any atom is -0.381 e. The molecule has 2 heterocycles. The fourth-order valence-corrected chi connectivity index (χ4v) is 3.64. The van der Waals surface area contributed by atoms with Gasteiger partial charge in [0, 0.05) is 26.0 Å². The molecule has 1 saturated heterocycles. The molecule has 1 aliphatic heterocycles. The molecule has 1 saturated carbocycles. The number of carbonyl (C=O) groups is 1. The maximum Gasteiger partial charge on any atom is 0.253 e. The van der Waals surface area contributed by atoms with E-state index in [2.05, 4.69) is 15.6 Å². The van der Waals surface area contributed by atoms with Gasteiger partial charge in [-0.1, -0.05) is 11.6 Å². The summed E-state index contributed by atoms with van der Waals surface area (Å²) in [7, 11) is 0. The SMILES string of the molecule is O=C(NCC1CCOCC1)c1cnc(Nc2cc(F)ccc2Cl)cc1C1CC1. The number of halogens is 2. The molecule has 1 amide bonds. The fraction of sp³-hybridized carbons (Fsp3) is 0.429. The number of pyridine rings is 1. The summed E-state index contributed by atoms with van der Waals surface area (Å²) in [6.07, 6.45) is 5.67. The van der Waals surface area contributed by atoms with Crippen LogP contribution in [0, 0.1) is 11.7 Å². The average molecular weight is 404 g/mol. The van der Waals surface area contributed by atoms with Crippen LogP contribution in [0.1, 0.15) is 47.5 Å². The van der Waals surface area contributed by atoms with E-state index in [0.717, 1.165) is 44.5 Å². The molecule has 0 unspecified atom stereocenters. The minimum absolute atomic E-state index is 0.0868. The average Bonchev–Trinajstić information content (AvgIpc) is 3.55. The highest BCUT2D eigenvalue weighted by atomic mass is 35.5. The van der Waals surface area contributed by atoms with E-state index in [-0.39, 0.29) is 11.7 Å². The van der Waals surface area contributed by atoms with E-state index in [1.165, 1.54) is 18.2 Å². The van der Waals surface area contributed by atoms with Crippen LogP contribution in [0.2, 0.25) is 5.02 Å². The number of hydrogen-bond acceptors (Lipinski definition) is 4. The molecular weight excluding hydrogens is 381 g/mol. The van der Waals surface area contributed by atoms with Crippen LogP contribution in [-0.4, -0.2) is 30.6 Å². The second-order valence-electron chi connectivity index (χ2n) is 7.45. The summed E-state index contributed by atoms with van der Waals surface area (Å²) in [5.41, 5.74) is 2.05. The molecule has 2 N–H and O–H groups in total. The van der Waals surface area contributed by atoms with E-state index in [0.29, 0.717) is 40.5 Å². The molecular formula is C21H23ClFN3O2. The predicted octanol–water partition coefficient (Wildman–Crippen LogP) is 4.65. The van der Waals surface area contributed by atoms with Gasteiger partial charge in [0.05, 0.1) is 16.3 Å². The molecule has 0 radical (unpaired) electrons. The molecule has 0 spiro atoms. The number of amides is 1. The lowest BCUT2D eigenvalue weighted by Crippen LogP contribution is -2.32. The minimum atomic E-state index is -0.376. The second-order valence-corrected chi connectivity index (χ2v) is 7.85. The first-order valence-corrected chi connectivity index (χ1v) is 10.1. The third kappa shape index (κ3) is 4.62. The van der Waals surface area contributed by atoms with Crippen LogP contribution in [0.3, 0.4) is 0 Å². The first-order chi connectivity index (χ1) is 13.6. The smallest absolute Gasteiger partial charge is 0.253 e. The lowest BCUT2D eigenvalue weighted by Gasteiger charge is -2.22. The Kier molecular flexibility index (Phi) is 5.78. The van der Waals surface area contributed by atoms with Crippen molar-refractivity contribution in [2.75, 3.05) is 25.1 Å². The summed E-state index contributed by atoms with van der Waals surface area (Å²) in [6, 6.07) is 6.01. The van der Waals surface area contributed by atoms with Crippen LogP contribution in [0.4, 0.5) is 15.9 Å². The van der Waals surface area contributed by atoms with Gasteiger partial charge in [0.25, 0.3) is 5.91 Å². The molecule has 2 aliphatic rings. The van der Waals surface area contributed by atoms with Gasteiger partial charge in [-0.15, -0.1) is 0 Å². The quantitative estimate of drug-likeness (QED) is 0.736. The third-order valence-corrected chi connectivity index (χ3v) is 5.61. The van der Waals surface area contributed by atoms with E-state index < -0.39 is 0 Å². The molecule has 0 bridgehead atoms. The molecule has 2 aromatic rings. The van der Waals surface area contributed by atoms with Gasteiger partial charge in [-0.2, -0.15) is 0 Å². The highest BCUT2D eigenvalue weighted by molar-refractivity contribution is 6.33. The molecule has 1 aromatic heterocycles. The number of rotatable bonds is 6. The number of hydrogen-bond donors (Lipinski definition) is 2. The standard InChI is InChI=1S/C21H23ClFN3O2/c22-18-4-3-15(23)9-19(18)26-20-10-16(14-1-2-14)17(12-24-20)21(27)25-11-13-5-7-28-8-6-13/h3-4,9-10,12-14H,1-2,5-8,11H2,(H,24,26)(H,25,27). The number of ether oxygens (including phenoxy) is 1. The third-order valence-electron chi connectivity index (χ3n) is 5.28. The van der Waals surface area contributed by atoms with Crippen LogP contribution >= 0.6 is 11.6 Å². The molecule has 0 atom stereocenters. The normalized spacial score (nSPS) is 17.4.